The average Bonchev–Trinajstić information content (AvgIpc) is 3.63. The van der Waals surface area contributed by atoms with Crippen LogP contribution in [0.15, 0.2) is 31.6 Å². The Morgan fingerprint density at radius 2 is 1.00 bits per heavy atom. The van der Waals surface area contributed by atoms with Gasteiger partial charge in [0.2, 0.25) is 0 Å². The zero-order valence-corrected chi connectivity index (χ0v) is 28.7. The van der Waals surface area contributed by atoms with E-state index in [4.69, 9.17) is 18.9 Å². The number of rotatable bonds is 19. The van der Waals surface area contributed by atoms with Crippen LogP contribution in [0, 0.1) is 13.8 Å². The second-order valence-electron chi connectivity index (χ2n) is 13.1. The molecule has 2 aliphatic rings. The van der Waals surface area contributed by atoms with Crippen LogP contribution in [0.1, 0.15) is 113 Å². The third-order valence-electron chi connectivity index (χ3n) is 9.07. The van der Waals surface area contributed by atoms with Crippen LogP contribution in [-0.2, 0) is 28.5 Å². The van der Waals surface area contributed by atoms with Crippen LogP contribution in [0.3, 0.4) is 0 Å². The lowest BCUT2D eigenvalue weighted by Gasteiger charge is -2.16. The summed E-state index contributed by atoms with van der Waals surface area (Å²) in [5.41, 5.74) is -1.79. The Hall–Kier alpha value is -3.92. The summed E-state index contributed by atoms with van der Waals surface area (Å²) < 4.78 is 52.9. The maximum Gasteiger partial charge on any atom is 0.330 e. The number of esters is 2. The zero-order chi connectivity index (χ0) is 36.2. The van der Waals surface area contributed by atoms with Gasteiger partial charge in [-0.05, 0) is 26.7 Å². The molecule has 278 valence electrons. The Kier molecular flexibility index (Phi) is 14.7. The lowest BCUT2D eigenvalue weighted by molar-refractivity contribution is -0.150. The number of hydrogen-bond acceptors (Lipinski definition) is 10. The number of alkyl halides is 2. The number of unbranched alkanes of at least 4 members (excludes halogenated alkanes) is 9. The lowest BCUT2D eigenvalue weighted by Crippen LogP contribution is -2.33. The van der Waals surface area contributed by atoms with Crippen LogP contribution < -0.4 is 22.5 Å². The van der Waals surface area contributed by atoms with Gasteiger partial charge in [-0.1, -0.05) is 51.4 Å². The van der Waals surface area contributed by atoms with Gasteiger partial charge >= 0.3 is 23.3 Å². The van der Waals surface area contributed by atoms with Gasteiger partial charge in [-0.3, -0.25) is 38.3 Å². The maximum atomic E-state index is 14.5. The molecule has 4 heterocycles. The van der Waals surface area contributed by atoms with E-state index in [1.165, 1.54) is 26.2 Å². The standard InChI is InChI=1S/C34H48F2N4O10/c1-21-17-39(33(45)37-31(21)43)27-15-23(35)25(49-27)19-47-29(41)13-11-9-7-5-3-4-6-8-10-12-14-30(42)48-20-26-24(36)16-28(50-26)40-18-22(2)32(44)38-34(40)46/h17-18,23-28H,3-16,19-20H2,1-2H3,(H,37,43,45)(H,38,44,46)/t23-,24-,25+,26+,27+,28+/m0/s1. The van der Waals surface area contributed by atoms with Gasteiger partial charge in [0.15, 0.2) is 0 Å². The molecular weight excluding hydrogens is 662 g/mol. The number of carbonyl (C=O) groups is 2. The highest BCUT2D eigenvalue weighted by Gasteiger charge is 2.39. The van der Waals surface area contributed by atoms with Crippen molar-refractivity contribution in [2.75, 3.05) is 13.2 Å². The molecule has 0 aromatic carbocycles. The van der Waals surface area contributed by atoms with Crippen molar-refractivity contribution in [1.82, 2.24) is 19.1 Å². The molecule has 6 atom stereocenters. The molecule has 2 aromatic rings. The number of carbonyl (C=O) groups excluding carboxylic acids is 2. The minimum absolute atomic E-state index is 0.0858. The monoisotopic (exact) mass is 710 g/mol. The number of halogens is 2. The van der Waals surface area contributed by atoms with Crippen molar-refractivity contribution in [3.8, 4) is 0 Å². The van der Waals surface area contributed by atoms with Crippen LogP contribution in [0.2, 0.25) is 0 Å². The molecule has 0 amide bonds. The number of aromatic nitrogens is 4. The second-order valence-corrected chi connectivity index (χ2v) is 13.1. The fourth-order valence-corrected chi connectivity index (χ4v) is 6.07. The van der Waals surface area contributed by atoms with Crippen LogP contribution in [0.5, 0.6) is 0 Å². The third-order valence-corrected chi connectivity index (χ3v) is 9.07. The van der Waals surface area contributed by atoms with Gasteiger partial charge in [-0.15, -0.1) is 0 Å². The Labute approximate surface area is 287 Å². The second kappa shape index (κ2) is 18.9. The minimum Gasteiger partial charge on any atom is -0.463 e. The minimum atomic E-state index is -1.41. The normalized spacial score (nSPS) is 23.3. The highest BCUT2D eigenvalue weighted by Crippen LogP contribution is 2.31. The van der Waals surface area contributed by atoms with Crippen molar-refractivity contribution in [3.05, 3.63) is 65.2 Å². The summed E-state index contributed by atoms with van der Waals surface area (Å²) in [6.45, 7) is 2.59. The quantitative estimate of drug-likeness (QED) is 0.161. The number of H-pyrrole nitrogens is 2. The van der Waals surface area contributed by atoms with Crippen LogP contribution in [0.25, 0.3) is 0 Å². The first-order valence-electron chi connectivity index (χ1n) is 17.5. The molecular formula is C34H48F2N4O10. The Bertz CT molecular complexity index is 1550. The molecule has 2 saturated heterocycles. The fourth-order valence-electron chi connectivity index (χ4n) is 6.07. The first kappa shape index (κ1) is 38.9. The topological polar surface area (TPSA) is 181 Å². The Morgan fingerprint density at radius 1 is 0.660 bits per heavy atom. The first-order chi connectivity index (χ1) is 23.9. The maximum absolute atomic E-state index is 14.5. The average molecular weight is 711 g/mol. The smallest absolute Gasteiger partial charge is 0.330 e. The van der Waals surface area contributed by atoms with Crippen LogP contribution >= 0.6 is 0 Å². The van der Waals surface area contributed by atoms with Crippen molar-refractivity contribution < 1.29 is 37.3 Å². The van der Waals surface area contributed by atoms with Gasteiger partial charge in [-0.25, -0.2) is 18.4 Å². The molecule has 14 nitrogen and oxygen atoms in total. The summed E-state index contributed by atoms with van der Waals surface area (Å²) in [6.07, 6.45) is 5.67. The molecule has 2 aromatic heterocycles. The number of ether oxygens (including phenoxy) is 4. The highest BCUT2D eigenvalue weighted by molar-refractivity contribution is 5.69. The van der Waals surface area contributed by atoms with E-state index >= 15 is 0 Å². The summed E-state index contributed by atoms with van der Waals surface area (Å²) in [4.78, 5) is 75.8. The van der Waals surface area contributed by atoms with Gasteiger partial charge in [0.1, 0.15) is 50.2 Å². The molecule has 50 heavy (non-hydrogen) atoms. The van der Waals surface area contributed by atoms with E-state index in [9.17, 15) is 37.5 Å². The van der Waals surface area contributed by atoms with E-state index in [-0.39, 0.29) is 38.9 Å². The summed E-state index contributed by atoms with van der Waals surface area (Å²) in [5, 5.41) is 0. The van der Waals surface area contributed by atoms with Crippen LogP contribution in [0.4, 0.5) is 8.78 Å². The molecule has 2 fully saturated rings. The number of nitrogens with one attached hydrogen (secondary N) is 2. The Morgan fingerprint density at radius 3 is 1.36 bits per heavy atom. The lowest BCUT2D eigenvalue weighted by atomic mass is 10.1. The SMILES string of the molecule is Cc1cn([C@H]2C[C@H](F)[C@@H](COC(=O)CCCCCCCCCCCCC(=O)OC[C@H]3O[C@@H](n4cc(C)c(=O)[nH]c4=O)C[C@@H]3F)O2)c(=O)[nH]c1=O. The predicted octanol–water partition coefficient (Wildman–Crippen LogP) is 3.72. The van der Waals surface area contributed by atoms with Gasteiger partial charge in [0, 0.05) is 49.2 Å². The number of aromatic amines is 2. The summed E-state index contributed by atoms with van der Waals surface area (Å²) in [7, 11) is 0. The van der Waals surface area contributed by atoms with Crippen molar-refractivity contribution in [2.45, 2.75) is 141 Å². The number of aryl methyl sites for hydroxylation is 2. The largest absolute Gasteiger partial charge is 0.463 e. The van der Waals surface area contributed by atoms with E-state index in [0.717, 1.165) is 60.5 Å². The summed E-state index contributed by atoms with van der Waals surface area (Å²) in [5.74, 6) is -0.846. The molecule has 16 heteroatoms. The zero-order valence-electron chi connectivity index (χ0n) is 28.7. The van der Waals surface area contributed by atoms with Gasteiger partial charge < -0.3 is 18.9 Å². The van der Waals surface area contributed by atoms with Gasteiger partial charge in [0.05, 0.1) is 0 Å². The van der Waals surface area contributed by atoms with E-state index in [0.29, 0.717) is 24.0 Å². The summed E-state index contributed by atoms with van der Waals surface area (Å²) >= 11 is 0. The first-order valence-corrected chi connectivity index (χ1v) is 17.5. The fraction of sp³-hybridized carbons (Fsp3) is 0.706. The molecule has 0 aliphatic carbocycles. The molecule has 0 saturated carbocycles. The number of hydrogen-bond donors (Lipinski definition) is 2. The molecule has 0 unspecified atom stereocenters. The predicted molar refractivity (Wildman–Crippen MR) is 176 cm³/mol. The molecule has 4 rings (SSSR count). The van der Waals surface area contributed by atoms with E-state index < -0.39 is 71.4 Å². The summed E-state index contributed by atoms with van der Waals surface area (Å²) in [6, 6.07) is 0. The van der Waals surface area contributed by atoms with Crippen molar-refractivity contribution in [3.63, 3.8) is 0 Å². The highest BCUT2D eigenvalue weighted by atomic mass is 19.1. The number of nitrogens with zero attached hydrogens (tertiary/aromatic N) is 2. The third kappa shape index (κ3) is 11.3. The van der Waals surface area contributed by atoms with E-state index in [2.05, 4.69) is 9.97 Å². The van der Waals surface area contributed by atoms with Gasteiger partial charge in [0.25, 0.3) is 11.1 Å². The Balaban J connectivity index is 0.954. The molecule has 2 aliphatic heterocycles. The van der Waals surface area contributed by atoms with Crippen LogP contribution in [-0.4, -0.2) is 68.8 Å². The molecule has 0 spiro atoms. The van der Waals surface area contributed by atoms with E-state index in [1.807, 2.05) is 0 Å². The molecule has 0 bridgehead atoms. The molecule has 2 N–H and O–H groups in total. The van der Waals surface area contributed by atoms with E-state index in [1.54, 1.807) is 0 Å². The van der Waals surface area contributed by atoms with Gasteiger partial charge in [-0.2, -0.15) is 0 Å². The van der Waals surface area contributed by atoms with Crippen molar-refractivity contribution >= 4 is 11.9 Å². The van der Waals surface area contributed by atoms with Crippen molar-refractivity contribution in [1.29, 1.82) is 0 Å². The van der Waals surface area contributed by atoms with Crippen molar-refractivity contribution in [2.24, 2.45) is 0 Å². The molecule has 0 radical (unpaired) electrons.